The number of thioether (sulfide) groups is 1. The third kappa shape index (κ3) is 5.52. The Bertz CT molecular complexity index is 1030. The summed E-state index contributed by atoms with van der Waals surface area (Å²) < 4.78 is 8.21. The lowest BCUT2D eigenvalue weighted by Crippen LogP contribution is -2.13. The summed E-state index contributed by atoms with van der Waals surface area (Å²) >= 11 is 4.95. The van der Waals surface area contributed by atoms with Gasteiger partial charge in [0.15, 0.2) is 11.0 Å². The number of nitrogens with zero attached hydrogens (tertiary/aromatic N) is 3. The van der Waals surface area contributed by atoms with E-state index in [1.807, 2.05) is 60.0 Å². The minimum Gasteiger partial charge on any atom is -0.497 e. The summed E-state index contributed by atoms with van der Waals surface area (Å²) in [6, 6.07) is 13.5. The Labute approximate surface area is 188 Å². The van der Waals surface area contributed by atoms with Crippen LogP contribution in [0, 0.1) is 6.92 Å². The van der Waals surface area contributed by atoms with Crippen LogP contribution in [0.2, 0.25) is 0 Å². The molecule has 0 spiro atoms. The van der Waals surface area contributed by atoms with E-state index < -0.39 is 0 Å². The fourth-order valence-corrected chi connectivity index (χ4v) is 4.00. The molecule has 8 heteroatoms. The molecule has 0 fully saturated rings. The second-order valence-corrected chi connectivity index (χ2v) is 8.52. The van der Waals surface area contributed by atoms with E-state index in [1.54, 1.807) is 7.11 Å². The summed E-state index contributed by atoms with van der Waals surface area (Å²) in [5.74, 6) is 2.10. The van der Waals surface area contributed by atoms with E-state index in [-0.39, 0.29) is 5.91 Å². The molecule has 0 unspecified atom stereocenters. The number of nitrogens with one attached hydrogen (secondary N) is 1. The molecule has 1 heterocycles. The molecule has 1 amide bonds. The molecule has 0 atom stereocenters. The van der Waals surface area contributed by atoms with Crippen LogP contribution in [0.4, 0.5) is 5.69 Å². The maximum atomic E-state index is 12.4. The van der Waals surface area contributed by atoms with Gasteiger partial charge in [0.25, 0.3) is 0 Å². The summed E-state index contributed by atoms with van der Waals surface area (Å²) in [4.78, 5) is 12.4. The van der Waals surface area contributed by atoms with Gasteiger partial charge < -0.3 is 10.1 Å². The molecule has 156 valence electrons. The Hall–Kier alpha value is -2.58. The van der Waals surface area contributed by atoms with E-state index in [0.29, 0.717) is 18.7 Å². The molecule has 1 aromatic heterocycles. The van der Waals surface area contributed by atoms with Crippen LogP contribution in [0.25, 0.3) is 11.4 Å². The van der Waals surface area contributed by atoms with E-state index in [9.17, 15) is 4.79 Å². The molecule has 3 rings (SSSR count). The Morgan fingerprint density at radius 2 is 2.03 bits per heavy atom. The first-order chi connectivity index (χ1) is 14.5. The van der Waals surface area contributed by atoms with Crippen molar-refractivity contribution in [3.05, 3.63) is 65.2 Å². The zero-order valence-electron chi connectivity index (χ0n) is 16.9. The van der Waals surface area contributed by atoms with E-state index in [2.05, 4.69) is 38.0 Å². The highest BCUT2D eigenvalue weighted by Gasteiger charge is 2.14. The number of benzene rings is 2. The zero-order chi connectivity index (χ0) is 21.5. The van der Waals surface area contributed by atoms with Gasteiger partial charge in [0.05, 0.1) is 7.11 Å². The highest BCUT2D eigenvalue weighted by molar-refractivity contribution is 9.10. The molecule has 0 radical (unpaired) electrons. The van der Waals surface area contributed by atoms with E-state index >= 15 is 0 Å². The quantitative estimate of drug-likeness (QED) is 0.326. The minimum atomic E-state index is -0.0429. The Balaban J connectivity index is 1.62. The number of hydrogen-bond donors (Lipinski definition) is 1. The van der Waals surface area contributed by atoms with Gasteiger partial charge in [0.2, 0.25) is 5.91 Å². The van der Waals surface area contributed by atoms with Crippen molar-refractivity contribution in [3.8, 4) is 17.1 Å². The van der Waals surface area contributed by atoms with Gasteiger partial charge in [-0.15, -0.1) is 16.8 Å². The van der Waals surface area contributed by atoms with Crippen molar-refractivity contribution in [2.75, 3.05) is 18.2 Å². The molecule has 30 heavy (non-hydrogen) atoms. The predicted molar refractivity (Wildman–Crippen MR) is 125 cm³/mol. The number of anilines is 1. The van der Waals surface area contributed by atoms with Crippen molar-refractivity contribution in [3.63, 3.8) is 0 Å². The number of aromatic nitrogens is 3. The summed E-state index contributed by atoms with van der Waals surface area (Å²) in [6.07, 6.45) is 2.18. The molecule has 6 nitrogen and oxygen atoms in total. The van der Waals surface area contributed by atoms with Crippen molar-refractivity contribution < 1.29 is 9.53 Å². The number of carbonyl (C=O) groups excluding carboxylic acids is 1. The third-order valence-electron chi connectivity index (χ3n) is 4.40. The summed E-state index contributed by atoms with van der Waals surface area (Å²) in [7, 11) is 1.62. The first kappa shape index (κ1) is 22.1. The average Bonchev–Trinajstić information content (AvgIpc) is 3.13. The van der Waals surface area contributed by atoms with Gasteiger partial charge >= 0.3 is 0 Å². The smallest absolute Gasteiger partial charge is 0.225 e. The lowest BCUT2D eigenvalue weighted by molar-refractivity contribution is -0.115. The summed E-state index contributed by atoms with van der Waals surface area (Å²) in [6.45, 7) is 6.37. The second kappa shape index (κ2) is 10.4. The molecule has 1 N–H and O–H groups in total. The van der Waals surface area contributed by atoms with Gasteiger partial charge in [-0.1, -0.05) is 45.9 Å². The molecule has 0 aliphatic carbocycles. The number of carbonyl (C=O) groups is 1. The zero-order valence-corrected chi connectivity index (χ0v) is 19.3. The monoisotopic (exact) mass is 486 g/mol. The normalized spacial score (nSPS) is 10.6. The number of halogens is 1. The number of aryl methyl sites for hydroxylation is 1. The average molecular weight is 487 g/mol. The number of methoxy groups -OCH3 is 1. The summed E-state index contributed by atoms with van der Waals surface area (Å²) in [5.41, 5.74) is 2.73. The van der Waals surface area contributed by atoms with E-state index in [1.165, 1.54) is 11.8 Å². The first-order valence-electron chi connectivity index (χ1n) is 9.39. The standard InChI is InChI=1S/C22H23BrN4O2S/c1-4-12-27-21(16-5-7-17(23)8-6-16)25-26-22(27)30-13-11-20(28)24-19-10-9-18(29-3)14-15(19)2/h4-10,14H,1,11-13H2,2-3H3,(H,24,28). The number of amides is 1. The molecule has 0 bridgehead atoms. The third-order valence-corrected chi connectivity index (χ3v) is 5.90. The highest BCUT2D eigenvalue weighted by atomic mass is 79.9. The highest BCUT2D eigenvalue weighted by Crippen LogP contribution is 2.26. The number of ether oxygens (including phenoxy) is 1. The van der Waals surface area contributed by atoms with Crippen LogP contribution in [-0.2, 0) is 11.3 Å². The van der Waals surface area contributed by atoms with Gasteiger partial charge in [0, 0.05) is 34.4 Å². The lowest BCUT2D eigenvalue weighted by atomic mass is 10.2. The van der Waals surface area contributed by atoms with Crippen LogP contribution < -0.4 is 10.1 Å². The van der Waals surface area contributed by atoms with Crippen molar-refractivity contribution in [1.82, 2.24) is 14.8 Å². The van der Waals surface area contributed by atoms with Crippen molar-refractivity contribution in [1.29, 1.82) is 0 Å². The lowest BCUT2D eigenvalue weighted by Gasteiger charge is -2.10. The molecule has 0 saturated heterocycles. The largest absolute Gasteiger partial charge is 0.497 e. The Kier molecular flexibility index (Phi) is 7.70. The second-order valence-electron chi connectivity index (χ2n) is 6.54. The maximum Gasteiger partial charge on any atom is 0.225 e. The molecule has 2 aromatic carbocycles. The van der Waals surface area contributed by atoms with Gasteiger partial charge in [0.1, 0.15) is 5.75 Å². The summed E-state index contributed by atoms with van der Waals surface area (Å²) in [5, 5.41) is 12.4. The van der Waals surface area contributed by atoms with Gasteiger partial charge in [-0.3, -0.25) is 9.36 Å². The van der Waals surface area contributed by atoms with Crippen LogP contribution >= 0.6 is 27.7 Å². The number of allylic oxidation sites excluding steroid dienone is 1. The minimum absolute atomic E-state index is 0.0429. The maximum absolute atomic E-state index is 12.4. The van der Waals surface area contributed by atoms with Crippen molar-refractivity contribution in [2.45, 2.75) is 25.0 Å². The molecule has 0 saturated carbocycles. The predicted octanol–water partition coefficient (Wildman–Crippen LogP) is 5.33. The van der Waals surface area contributed by atoms with Crippen LogP contribution in [0.5, 0.6) is 5.75 Å². The first-order valence-corrected chi connectivity index (χ1v) is 11.2. The van der Waals surface area contributed by atoms with Crippen LogP contribution in [0.3, 0.4) is 0 Å². The molecule has 0 aliphatic rings. The Morgan fingerprint density at radius 1 is 1.27 bits per heavy atom. The molecule has 0 aliphatic heterocycles. The van der Waals surface area contributed by atoms with Crippen LogP contribution in [0.1, 0.15) is 12.0 Å². The number of hydrogen-bond acceptors (Lipinski definition) is 5. The van der Waals surface area contributed by atoms with E-state index in [0.717, 1.165) is 38.0 Å². The fourth-order valence-electron chi connectivity index (χ4n) is 2.85. The topological polar surface area (TPSA) is 69.0 Å². The van der Waals surface area contributed by atoms with Gasteiger partial charge in [-0.2, -0.15) is 0 Å². The molecular formula is C22H23BrN4O2S. The molecular weight excluding hydrogens is 464 g/mol. The Morgan fingerprint density at radius 3 is 2.70 bits per heavy atom. The van der Waals surface area contributed by atoms with Crippen LogP contribution in [-0.4, -0.2) is 33.5 Å². The van der Waals surface area contributed by atoms with Gasteiger partial charge in [-0.25, -0.2) is 0 Å². The van der Waals surface area contributed by atoms with Gasteiger partial charge in [-0.05, 0) is 42.8 Å². The van der Waals surface area contributed by atoms with Crippen molar-refractivity contribution in [2.24, 2.45) is 0 Å². The van der Waals surface area contributed by atoms with E-state index in [4.69, 9.17) is 4.74 Å². The van der Waals surface area contributed by atoms with Crippen LogP contribution in [0.15, 0.2) is 64.7 Å². The molecule has 3 aromatic rings. The van der Waals surface area contributed by atoms with Crippen molar-refractivity contribution >= 4 is 39.3 Å². The fraction of sp³-hybridized carbons (Fsp3) is 0.227. The SMILES string of the molecule is C=CCn1c(SCCC(=O)Nc2ccc(OC)cc2C)nnc1-c1ccc(Br)cc1. The number of rotatable bonds is 9.